The second kappa shape index (κ2) is 8.95. The number of amides is 2. The van der Waals surface area contributed by atoms with Gasteiger partial charge in [-0.2, -0.15) is 0 Å². The van der Waals surface area contributed by atoms with E-state index in [1.807, 2.05) is 0 Å². The number of rotatable bonds is 7. The molecule has 2 amide bonds. The molecule has 0 bridgehead atoms. The van der Waals surface area contributed by atoms with Gasteiger partial charge in [0.2, 0.25) is 5.91 Å². The maximum absolute atomic E-state index is 12.8. The summed E-state index contributed by atoms with van der Waals surface area (Å²) in [6, 6.07) is 5.76. The zero-order chi connectivity index (χ0) is 20.9. The molecule has 1 aliphatic heterocycles. The zero-order valence-electron chi connectivity index (χ0n) is 15.6. The standard InChI is InChI=1S/C18H21N5O5S/c24-9-1-2-16(18(26)22-7-10-29(27,28)11-8-22)21-17(25)14-3-5-15(6-4-14)23-12-19-20-13-23/h3-6,9,12-13,16H,1-2,7-8,10-11H2,(H,21,25)/t16-/m0/s1. The minimum absolute atomic E-state index is 0.0856. The van der Waals surface area contributed by atoms with E-state index >= 15 is 0 Å². The molecule has 0 saturated carbocycles. The molecule has 1 aliphatic rings. The maximum atomic E-state index is 12.8. The number of benzene rings is 1. The van der Waals surface area contributed by atoms with E-state index in [2.05, 4.69) is 15.5 Å². The second-order valence-corrected chi connectivity index (χ2v) is 8.97. The Labute approximate surface area is 167 Å². The fraction of sp³-hybridized carbons (Fsp3) is 0.389. The fourth-order valence-corrected chi connectivity index (χ4v) is 4.21. The SMILES string of the molecule is O=CCC[C@H](NC(=O)c1ccc(-n2cnnc2)cc1)C(=O)N1CCS(=O)(=O)CC1. The molecule has 1 aromatic carbocycles. The first-order valence-corrected chi connectivity index (χ1v) is 10.9. The molecule has 1 atom stereocenters. The zero-order valence-corrected chi connectivity index (χ0v) is 16.4. The Morgan fingerprint density at radius 1 is 1.10 bits per heavy atom. The number of aldehydes is 1. The molecule has 1 saturated heterocycles. The second-order valence-electron chi connectivity index (χ2n) is 6.66. The monoisotopic (exact) mass is 419 g/mol. The average molecular weight is 419 g/mol. The quantitative estimate of drug-likeness (QED) is 0.604. The van der Waals surface area contributed by atoms with Crippen molar-refractivity contribution < 1.29 is 22.8 Å². The summed E-state index contributed by atoms with van der Waals surface area (Å²) < 4.78 is 24.8. The lowest BCUT2D eigenvalue weighted by atomic mass is 10.1. The molecule has 3 rings (SSSR count). The molecule has 10 nitrogen and oxygen atoms in total. The third kappa shape index (κ3) is 5.25. The van der Waals surface area contributed by atoms with E-state index in [1.165, 1.54) is 17.6 Å². The van der Waals surface area contributed by atoms with Gasteiger partial charge in [0.05, 0.1) is 11.5 Å². The molecule has 2 heterocycles. The molecule has 1 N–H and O–H groups in total. The maximum Gasteiger partial charge on any atom is 0.251 e. The molecule has 0 aliphatic carbocycles. The molecular formula is C18H21N5O5S. The summed E-state index contributed by atoms with van der Waals surface area (Å²) in [5.74, 6) is -1.03. The van der Waals surface area contributed by atoms with Gasteiger partial charge in [-0.25, -0.2) is 8.42 Å². The third-order valence-corrected chi connectivity index (χ3v) is 6.29. The largest absolute Gasteiger partial charge is 0.340 e. The van der Waals surface area contributed by atoms with E-state index in [0.717, 1.165) is 5.69 Å². The lowest BCUT2D eigenvalue weighted by Crippen LogP contribution is -2.52. The van der Waals surface area contributed by atoms with E-state index in [4.69, 9.17) is 0 Å². The van der Waals surface area contributed by atoms with Gasteiger partial charge in [-0.15, -0.1) is 10.2 Å². The Morgan fingerprint density at radius 2 is 1.72 bits per heavy atom. The van der Waals surface area contributed by atoms with Crippen LogP contribution in [0.5, 0.6) is 0 Å². The molecule has 29 heavy (non-hydrogen) atoms. The minimum Gasteiger partial charge on any atom is -0.340 e. The highest BCUT2D eigenvalue weighted by molar-refractivity contribution is 7.91. The summed E-state index contributed by atoms with van der Waals surface area (Å²) in [5, 5.41) is 10.1. The van der Waals surface area contributed by atoms with Crippen molar-refractivity contribution >= 4 is 27.9 Å². The Balaban J connectivity index is 1.68. The summed E-state index contributed by atoms with van der Waals surface area (Å²) in [6.45, 7) is 0.171. The third-order valence-electron chi connectivity index (χ3n) is 4.68. The number of carbonyl (C=O) groups is 3. The van der Waals surface area contributed by atoms with Crippen molar-refractivity contribution in [1.82, 2.24) is 25.0 Å². The van der Waals surface area contributed by atoms with E-state index < -0.39 is 21.8 Å². The van der Waals surface area contributed by atoms with Gasteiger partial charge < -0.3 is 15.0 Å². The van der Waals surface area contributed by atoms with E-state index in [0.29, 0.717) is 11.8 Å². The van der Waals surface area contributed by atoms with Gasteiger partial charge in [-0.05, 0) is 30.7 Å². The smallest absolute Gasteiger partial charge is 0.251 e. The Kier molecular flexibility index (Phi) is 6.37. The van der Waals surface area contributed by atoms with E-state index in [9.17, 15) is 22.8 Å². The molecule has 1 fully saturated rings. The molecule has 154 valence electrons. The first-order valence-electron chi connectivity index (χ1n) is 9.08. The lowest BCUT2D eigenvalue weighted by Gasteiger charge is -2.30. The highest BCUT2D eigenvalue weighted by atomic mass is 32.2. The number of carbonyl (C=O) groups excluding carboxylic acids is 3. The van der Waals surface area contributed by atoms with Crippen LogP contribution in [0.25, 0.3) is 5.69 Å². The fourth-order valence-electron chi connectivity index (χ4n) is 3.01. The van der Waals surface area contributed by atoms with Gasteiger partial charge in [0, 0.05) is 30.8 Å². The van der Waals surface area contributed by atoms with Crippen molar-refractivity contribution in [2.45, 2.75) is 18.9 Å². The predicted molar refractivity (Wildman–Crippen MR) is 103 cm³/mol. The van der Waals surface area contributed by atoms with E-state index in [1.54, 1.807) is 28.8 Å². The number of aromatic nitrogens is 3. The van der Waals surface area contributed by atoms with Gasteiger partial charge in [0.25, 0.3) is 5.91 Å². The van der Waals surface area contributed by atoms with Crippen LogP contribution in [0, 0.1) is 0 Å². The predicted octanol–water partition coefficient (Wildman–Crippen LogP) is -0.398. The Bertz CT molecular complexity index is 959. The van der Waals surface area contributed by atoms with Crippen LogP contribution in [0.2, 0.25) is 0 Å². The molecule has 1 aromatic heterocycles. The van der Waals surface area contributed by atoms with Crippen molar-refractivity contribution in [2.24, 2.45) is 0 Å². The van der Waals surface area contributed by atoms with Crippen LogP contribution >= 0.6 is 0 Å². The van der Waals surface area contributed by atoms with Gasteiger partial charge in [-0.1, -0.05) is 0 Å². The first kappa shape index (κ1) is 20.6. The minimum atomic E-state index is -3.13. The van der Waals surface area contributed by atoms with Gasteiger partial charge in [0.1, 0.15) is 25.0 Å². The number of hydrogen-bond acceptors (Lipinski definition) is 7. The number of nitrogens with one attached hydrogen (secondary N) is 1. The van der Waals surface area contributed by atoms with Gasteiger partial charge >= 0.3 is 0 Å². The van der Waals surface area contributed by atoms with E-state index in [-0.39, 0.29) is 43.3 Å². The molecule has 0 spiro atoms. The van der Waals surface area contributed by atoms with Crippen LogP contribution in [0.1, 0.15) is 23.2 Å². The highest BCUT2D eigenvalue weighted by Gasteiger charge is 2.30. The number of nitrogens with zero attached hydrogens (tertiary/aromatic N) is 4. The Hall–Kier alpha value is -3.08. The van der Waals surface area contributed by atoms with Crippen LogP contribution in [-0.4, -0.2) is 76.8 Å². The van der Waals surface area contributed by atoms with Crippen molar-refractivity contribution in [3.8, 4) is 5.69 Å². The normalized spacial score (nSPS) is 16.8. The summed E-state index contributed by atoms with van der Waals surface area (Å²) in [7, 11) is -3.13. The summed E-state index contributed by atoms with van der Waals surface area (Å²) in [4.78, 5) is 37.6. The van der Waals surface area contributed by atoms with Crippen LogP contribution in [0.4, 0.5) is 0 Å². The van der Waals surface area contributed by atoms with Crippen LogP contribution in [0.3, 0.4) is 0 Å². The average Bonchev–Trinajstić information content (AvgIpc) is 3.25. The number of hydrogen-bond donors (Lipinski definition) is 1. The topological polar surface area (TPSA) is 131 Å². The molecule has 0 unspecified atom stereocenters. The van der Waals surface area contributed by atoms with Crippen LogP contribution in [0.15, 0.2) is 36.9 Å². The van der Waals surface area contributed by atoms with Gasteiger partial charge in [0.15, 0.2) is 9.84 Å². The van der Waals surface area contributed by atoms with Crippen molar-refractivity contribution in [2.75, 3.05) is 24.6 Å². The molecule has 2 aromatic rings. The molecule has 11 heteroatoms. The highest BCUT2D eigenvalue weighted by Crippen LogP contribution is 2.12. The Morgan fingerprint density at radius 3 is 2.31 bits per heavy atom. The summed E-state index contributed by atoms with van der Waals surface area (Å²) in [5.41, 5.74) is 1.13. The lowest BCUT2D eigenvalue weighted by molar-refractivity contribution is -0.133. The number of sulfone groups is 1. The summed E-state index contributed by atoms with van der Waals surface area (Å²) in [6.07, 6.45) is 4.00. The van der Waals surface area contributed by atoms with Crippen molar-refractivity contribution in [3.05, 3.63) is 42.5 Å². The van der Waals surface area contributed by atoms with Crippen LogP contribution in [-0.2, 0) is 19.4 Å². The summed E-state index contributed by atoms with van der Waals surface area (Å²) >= 11 is 0. The van der Waals surface area contributed by atoms with Crippen molar-refractivity contribution in [3.63, 3.8) is 0 Å². The first-order chi connectivity index (χ1) is 13.9. The van der Waals surface area contributed by atoms with Crippen LogP contribution < -0.4 is 5.32 Å². The van der Waals surface area contributed by atoms with Gasteiger partial charge in [-0.3, -0.25) is 14.2 Å². The molecule has 0 radical (unpaired) electrons. The molecular weight excluding hydrogens is 398 g/mol. The van der Waals surface area contributed by atoms with Crippen molar-refractivity contribution in [1.29, 1.82) is 0 Å².